The van der Waals surface area contributed by atoms with Crippen LogP contribution in [0, 0.1) is 0 Å². The molecule has 0 radical (unpaired) electrons. The van der Waals surface area contributed by atoms with E-state index in [1.807, 2.05) is 6.92 Å². The van der Waals surface area contributed by atoms with Gasteiger partial charge in [0.15, 0.2) is 0 Å². The summed E-state index contributed by atoms with van der Waals surface area (Å²) in [7, 11) is 0. The number of hydrogen-bond donors (Lipinski definition) is 0. The van der Waals surface area contributed by atoms with E-state index in [4.69, 9.17) is 0 Å². The lowest BCUT2D eigenvalue weighted by molar-refractivity contribution is 0.744. The zero-order valence-electron chi connectivity index (χ0n) is 5.97. The van der Waals surface area contributed by atoms with E-state index in [2.05, 4.69) is 25.5 Å². The maximum atomic E-state index is 4.01. The van der Waals surface area contributed by atoms with Crippen molar-refractivity contribution in [1.29, 1.82) is 0 Å². The largest absolute Gasteiger partial charge is 0.276 e. The highest BCUT2D eigenvalue weighted by Gasteiger charge is 2.01. The number of tetrazole rings is 1. The average molecular weight is 150 g/mol. The lowest BCUT2D eigenvalue weighted by Crippen LogP contribution is -2.01. The Morgan fingerprint density at radius 3 is 3.18 bits per heavy atom. The molecular weight excluding hydrogens is 144 g/mol. The minimum Gasteiger partial charge on any atom is -0.221 e. The number of aromatic nitrogens is 6. The maximum Gasteiger partial charge on any atom is 0.276 e. The van der Waals surface area contributed by atoms with E-state index in [0.29, 0.717) is 5.78 Å². The summed E-state index contributed by atoms with van der Waals surface area (Å²) in [5, 5.41) is 10.9. The molecule has 2 aromatic rings. The first kappa shape index (κ1) is 6.14. The van der Waals surface area contributed by atoms with Crippen molar-refractivity contribution >= 4 is 5.78 Å². The van der Waals surface area contributed by atoms with Crippen LogP contribution in [-0.4, -0.2) is 30.0 Å². The Morgan fingerprint density at radius 1 is 1.45 bits per heavy atom. The predicted molar refractivity (Wildman–Crippen MR) is 35.8 cm³/mol. The number of nitrogens with zero attached hydrogens (tertiary/aromatic N) is 6. The maximum absolute atomic E-state index is 4.01. The van der Waals surface area contributed by atoms with Crippen LogP contribution in [0.3, 0.4) is 0 Å². The molecule has 0 N–H and O–H groups in total. The topological polar surface area (TPSA) is 68.9 Å². The lowest BCUT2D eigenvalue weighted by atomic mass is 10.5. The first-order chi connectivity index (χ1) is 5.42. The molecule has 0 unspecified atom stereocenters. The Balaban J connectivity index is 2.79. The summed E-state index contributed by atoms with van der Waals surface area (Å²) in [6, 6.07) is 0. The second-order valence-corrected chi connectivity index (χ2v) is 2.03. The molecule has 0 spiro atoms. The molecule has 0 aromatic carbocycles. The molecule has 0 atom stereocenters. The summed E-state index contributed by atoms with van der Waals surface area (Å²) in [6.45, 7) is 1.99. The molecule has 0 saturated carbocycles. The van der Waals surface area contributed by atoms with Gasteiger partial charge in [-0.3, -0.25) is 0 Å². The normalized spacial score (nSPS) is 10.6. The molecule has 56 valence electrons. The average Bonchev–Trinajstić information content (AvgIpc) is 2.50. The van der Waals surface area contributed by atoms with Crippen LogP contribution in [0.25, 0.3) is 5.78 Å². The Labute approximate surface area is 62.3 Å². The van der Waals surface area contributed by atoms with Crippen LogP contribution in [0.5, 0.6) is 0 Å². The summed E-state index contributed by atoms with van der Waals surface area (Å²) in [6.07, 6.45) is 2.26. The molecule has 0 bridgehead atoms. The molecule has 2 heterocycles. The monoisotopic (exact) mass is 150 g/mol. The highest BCUT2D eigenvalue weighted by atomic mass is 15.5. The van der Waals surface area contributed by atoms with E-state index in [0.717, 1.165) is 12.2 Å². The van der Waals surface area contributed by atoms with Crippen LogP contribution < -0.4 is 0 Å². The summed E-state index contributed by atoms with van der Waals surface area (Å²) >= 11 is 0. The Morgan fingerprint density at radius 2 is 2.36 bits per heavy atom. The van der Waals surface area contributed by atoms with E-state index in [9.17, 15) is 0 Å². The van der Waals surface area contributed by atoms with Gasteiger partial charge in [-0.1, -0.05) is 12.0 Å². The van der Waals surface area contributed by atoms with Gasteiger partial charge in [0.1, 0.15) is 12.2 Å². The molecule has 6 nitrogen and oxygen atoms in total. The van der Waals surface area contributed by atoms with E-state index in [-0.39, 0.29) is 0 Å². The SMILES string of the molecule is CCc1ncnc2nnnn12. The molecular formula is C5H6N6. The van der Waals surface area contributed by atoms with Gasteiger partial charge in [-0.05, 0) is 10.4 Å². The zero-order chi connectivity index (χ0) is 7.68. The van der Waals surface area contributed by atoms with Crippen molar-refractivity contribution < 1.29 is 0 Å². The number of rotatable bonds is 1. The van der Waals surface area contributed by atoms with Gasteiger partial charge in [0, 0.05) is 6.42 Å². The van der Waals surface area contributed by atoms with Crippen LogP contribution >= 0.6 is 0 Å². The van der Waals surface area contributed by atoms with Crippen LogP contribution in [0.2, 0.25) is 0 Å². The summed E-state index contributed by atoms with van der Waals surface area (Å²) in [5.74, 6) is 1.32. The highest BCUT2D eigenvalue weighted by molar-refractivity contribution is 5.21. The molecule has 6 heteroatoms. The van der Waals surface area contributed by atoms with Crippen molar-refractivity contribution in [2.75, 3.05) is 0 Å². The summed E-state index contributed by atoms with van der Waals surface area (Å²) < 4.78 is 1.53. The predicted octanol–water partition coefficient (Wildman–Crippen LogP) is -0.523. The number of hydrogen-bond acceptors (Lipinski definition) is 5. The van der Waals surface area contributed by atoms with Crippen molar-refractivity contribution in [3.05, 3.63) is 12.2 Å². The molecule has 11 heavy (non-hydrogen) atoms. The van der Waals surface area contributed by atoms with Gasteiger partial charge >= 0.3 is 0 Å². The van der Waals surface area contributed by atoms with Crippen molar-refractivity contribution in [3.63, 3.8) is 0 Å². The van der Waals surface area contributed by atoms with Crippen LogP contribution in [0.1, 0.15) is 12.7 Å². The second kappa shape index (κ2) is 2.22. The molecule has 0 aliphatic rings. The minimum atomic E-state index is 0.497. The first-order valence-corrected chi connectivity index (χ1v) is 3.30. The second-order valence-electron chi connectivity index (χ2n) is 2.03. The fraction of sp³-hybridized carbons (Fsp3) is 0.400. The molecule has 0 aliphatic carbocycles. The van der Waals surface area contributed by atoms with Crippen LogP contribution in [0.15, 0.2) is 6.33 Å². The van der Waals surface area contributed by atoms with E-state index >= 15 is 0 Å². The van der Waals surface area contributed by atoms with Gasteiger partial charge in [0.2, 0.25) is 0 Å². The minimum absolute atomic E-state index is 0.497. The Kier molecular flexibility index (Phi) is 1.24. The summed E-state index contributed by atoms with van der Waals surface area (Å²) in [5.41, 5.74) is 0. The Bertz CT molecular complexity index is 366. The van der Waals surface area contributed by atoms with Gasteiger partial charge < -0.3 is 0 Å². The molecule has 0 aliphatic heterocycles. The number of fused-ring (bicyclic) bond motifs is 1. The smallest absolute Gasteiger partial charge is 0.221 e. The third-order valence-corrected chi connectivity index (χ3v) is 1.39. The van der Waals surface area contributed by atoms with Crippen LogP contribution in [0.4, 0.5) is 0 Å². The van der Waals surface area contributed by atoms with Crippen molar-refractivity contribution in [3.8, 4) is 0 Å². The van der Waals surface area contributed by atoms with E-state index < -0.39 is 0 Å². The van der Waals surface area contributed by atoms with Gasteiger partial charge in [-0.25, -0.2) is 4.98 Å². The van der Waals surface area contributed by atoms with Gasteiger partial charge in [-0.15, -0.1) is 0 Å². The van der Waals surface area contributed by atoms with Crippen molar-refractivity contribution in [2.24, 2.45) is 0 Å². The molecule has 0 amide bonds. The number of aryl methyl sites for hydroxylation is 1. The van der Waals surface area contributed by atoms with Gasteiger partial charge in [0.05, 0.1) is 0 Å². The van der Waals surface area contributed by atoms with Crippen molar-refractivity contribution in [1.82, 2.24) is 30.0 Å². The fourth-order valence-electron chi connectivity index (χ4n) is 0.873. The molecule has 2 rings (SSSR count). The molecule has 0 fully saturated rings. The van der Waals surface area contributed by atoms with Gasteiger partial charge in [-0.2, -0.15) is 9.50 Å². The molecule has 2 aromatic heterocycles. The standard InChI is InChI=1S/C5H6N6/c1-2-4-6-3-7-5-8-9-10-11(4)5/h3H,2H2,1H3. The van der Waals surface area contributed by atoms with E-state index in [1.54, 1.807) is 0 Å². The third kappa shape index (κ3) is 0.830. The van der Waals surface area contributed by atoms with Crippen LogP contribution in [-0.2, 0) is 6.42 Å². The van der Waals surface area contributed by atoms with E-state index in [1.165, 1.54) is 10.8 Å². The summed E-state index contributed by atoms with van der Waals surface area (Å²) in [4.78, 5) is 7.87. The van der Waals surface area contributed by atoms with Crippen molar-refractivity contribution in [2.45, 2.75) is 13.3 Å². The Hall–Kier alpha value is -1.59. The first-order valence-electron chi connectivity index (χ1n) is 3.30. The highest BCUT2D eigenvalue weighted by Crippen LogP contribution is 1.94. The fourth-order valence-corrected chi connectivity index (χ4v) is 0.873. The third-order valence-electron chi connectivity index (χ3n) is 1.39. The lowest BCUT2D eigenvalue weighted by Gasteiger charge is -1.94. The molecule has 0 saturated heterocycles. The van der Waals surface area contributed by atoms with Gasteiger partial charge in [0.25, 0.3) is 5.78 Å². The quantitative estimate of drug-likeness (QED) is 0.547. The zero-order valence-corrected chi connectivity index (χ0v) is 5.97.